The SMILES string of the molecule is CCO[Si](F)(c1ccccc1)c1ccccc1. The smallest absolute Gasteiger partial charge is 0.385 e. The van der Waals surface area contributed by atoms with Crippen molar-refractivity contribution in [3.8, 4) is 0 Å². The lowest BCUT2D eigenvalue weighted by atomic mass is 10.4. The third kappa shape index (κ3) is 2.45. The van der Waals surface area contributed by atoms with Crippen LogP contribution in [0.15, 0.2) is 60.7 Å². The van der Waals surface area contributed by atoms with E-state index < -0.39 is 8.65 Å². The summed E-state index contributed by atoms with van der Waals surface area (Å²) in [5.74, 6) is 0. The summed E-state index contributed by atoms with van der Waals surface area (Å²) in [5, 5.41) is 1.32. The fourth-order valence-corrected chi connectivity index (χ4v) is 4.14. The van der Waals surface area contributed by atoms with Crippen LogP contribution < -0.4 is 10.4 Å². The molecule has 0 saturated heterocycles. The van der Waals surface area contributed by atoms with E-state index in [9.17, 15) is 0 Å². The van der Waals surface area contributed by atoms with Crippen molar-refractivity contribution in [3.63, 3.8) is 0 Å². The minimum Gasteiger partial charge on any atom is -0.385 e. The van der Waals surface area contributed by atoms with E-state index in [-0.39, 0.29) is 0 Å². The first kappa shape index (κ1) is 12.0. The minimum absolute atomic E-state index is 0.381. The van der Waals surface area contributed by atoms with Gasteiger partial charge in [-0.1, -0.05) is 60.7 Å². The van der Waals surface area contributed by atoms with Gasteiger partial charge < -0.3 is 4.43 Å². The molecule has 0 radical (unpaired) electrons. The quantitative estimate of drug-likeness (QED) is 0.594. The first-order chi connectivity index (χ1) is 8.27. The van der Waals surface area contributed by atoms with Crippen LogP contribution in [0.3, 0.4) is 0 Å². The number of rotatable bonds is 4. The zero-order valence-electron chi connectivity index (χ0n) is 9.77. The average Bonchev–Trinajstić information content (AvgIpc) is 2.41. The highest BCUT2D eigenvalue weighted by molar-refractivity contribution is 6.92. The molecule has 0 bridgehead atoms. The van der Waals surface area contributed by atoms with Gasteiger partial charge in [0.15, 0.2) is 0 Å². The van der Waals surface area contributed by atoms with E-state index in [0.29, 0.717) is 17.0 Å². The summed E-state index contributed by atoms with van der Waals surface area (Å²) in [4.78, 5) is 0. The molecular formula is C14H15FOSi. The Hall–Kier alpha value is -1.45. The van der Waals surface area contributed by atoms with Gasteiger partial charge in [0.1, 0.15) is 0 Å². The molecule has 17 heavy (non-hydrogen) atoms. The molecule has 3 heteroatoms. The lowest BCUT2D eigenvalue weighted by Crippen LogP contribution is -2.57. The number of halogens is 1. The van der Waals surface area contributed by atoms with Crippen LogP contribution in [0, 0.1) is 0 Å². The monoisotopic (exact) mass is 246 g/mol. The van der Waals surface area contributed by atoms with E-state index in [0.717, 1.165) is 0 Å². The molecule has 0 aliphatic rings. The minimum atomic E-state index is -3.50. The lowest BCUT2D eigenvalue weighted by molar-refractivity contribution is 0.306. The average molecular weight is 246 g/mol. The fraction of sp³-hybridized carbons (Fsp3) is 0.143. The van der Waals surface area contributed by atoms with Crippen LogP contribution in [0.4, 0.5) is 4.11 Å². The molecule has 2 aromatic rings. The van der Waals surface area contributed by atoms with Crippen LogP contribution in [-0.2, 0) is 4.43 Å². The van der Waals surface area contributed by atoms with Crippen molar-refractivity contribution in [1.82, 2.24) is 0 Å². The molecule has 0 spiro atoms. The topological polar surface area (TPSA) is 9.23 Å². The Labute approximate surface area is 102 Å². The molecule has 0 unspecified atom stereocenters. The van der Waals surface area contributed by atoms with Gasteiger partial charge in [-0.2, -0.15) is 0 Å². The van der Waals surface area contributed by atoms with E-state index in [4.69, 9.17) is 4.43 Å². The molecule has 88 valence electrons. The van der Waals surface area contributed by atoms with Crippen molar-refractivity contribution in [2.75, 3.05) is 6.61 Å². The van der Waals surface area contributed by atoms with Crippen molar-refractivity contribution in [1.29, 1.82) is 0 Å². The van der Waals surface area contributed by atoms with Crippen molar-refractivity contribution < 1.29 is 8.53 Å². The van der Waals surface area contributed by atoms with Crippen LogP contribution in [0.25, 0.3) is 0 Å². The predicted octanol–water partition coefficient (Wildman–Crippen LogP) is 2.25. The summed E-state index contributed by atoms with van der Waals surface area (Å²) in [6, 6.07) is 18.4. The number of hydrogen-bond donors (Lipinski definition) is 0. The van der Waals surface area contributed by atoms with Crippen molar-refractivity contribution in [3.05, 3.63) is 60.7 Å². The van der Waals surface area contributed by atoms with Gasteiger partial charge in [0.2, 0.25) is 0 Å². The third-order valence-electron chi connectivity index (χ3n) is 2.63. The van der Waals surface area contributed by atoms with Gasteiger partial charge in [-0.3, -0.25) is 4.11 Å². The predicted molar refractivity (Wildman–Crippen MR) is 70.6 cm³/mol. The molecule has 2 rings (SSSR count). The Bertz CT molecular complexity index is 419. The second kappa shape index (κ2) is 5.25. The number of hydrogen-bond acceptors (Lipinski definition) is 1. The summed E-state index contributed by atoms with van der Waals surface area (Å²) in [6.45, 7) is 2.21. The van der Waals surface area contributed by atoms with Crippen molar-refractivity contribution in [2.45, 2.75) is 6.92 Å². The highest BCUT2D eigenvalue weighted by Crippen LogP contribution is 2.08. The molecule has 0 heterocycles. The van der Waals surface area contributed by atoms with Crippen LogP contribution in [0.1, 0.15) is 6.92 Å². The van der Waals surface area contributed by atoms with Gasteiger partial charge in [-0.15, -0.1) is 0 Å². The molecule has 0 aliphatic carbocycles. The summed E-state index contributed by atoms with van der Waals surface area (Å²) < 4.78 is 20.6. The summed E-state index contributed by atoms with van der Waals surface area (Å²) in [5.41, 5.74) is 0. The number of benzene rings is 2. The molecule has 0 N–H and O–H groups in total. The second-order valence-electron chi connectivity index (χ2n) is 3.76. The van der Waals surface area contributed by atoms with E-state index in [1.807, 2.05) is 43.3 Å². The van der Waals surface area contributed by atoms with Crippen LogP contribution in [0.5, 0.6) is 0 Å². The Kier molecular flexibility index (Phi) is 3.71. The Morgan fingerprint density at radius 3 is 1.65 bits per heavy atom. The molecule has 0 amide bonds. The van der Waals surface area contributed by atoms with Gasteiger partial charge in [0, 0.05) is 17.0 Å². The maximum atomic E-state index is 15.2. The maximum Gasteiger partial charge on any atom is 0.448 e. The molecule has 1 nitrogen and oxygen atoms in total. The van der Waals surface area contributed by atoms with E-state index in [1.165, 1.54) is 0 Å². The molecule has 2 aromatic carbocycles. The molecular weight excluding hydrogens is 231 g/mol. The second-order valence-corrected chi connectivity index (χ2v) is 6.39. The Morgan fingerprint density at radius 1 is 0.882 bits per heavy atom. The highest BCUT2D eigenvalue weighted by atomic mass is 28.4. The van der Waals surface area contributed by atoms with Gasteiger partial charge in [-0.05, 0) is 6.92 Å². The van der Waals surface area contributed by atoms with Gasteiger partial charge in [-0.25, -0.2) is 0 Å². The zero-order chi connectivity index (χ0) is 12.1. The zero-order valence-corrected chi connectivity index (χ0v) is 10.8. The summed E-state index contributed by atoms with van der Waals surface area (Å²) in [6.07, 6.45) is 0. The van der Waals surface area contributed by atoms with Gasteiger partial charge in [0.05, 0.1) is 0 Å². The first-order valence-corrected chi connectivity index (χ1v) is 7.50. The Balaban J connectivity index is 2.47. The maximum absolute atomic E-state index is 15.2. The Morgan fingerprint density at radius 2 is 1.29 bits per heavy atom. The molecule has 0 atom stereocenters. The van der Waals surface area contributed by atoms with Gasteiger partial charge in [0.25, 0.3) is 0 Å². The van der Waals surface area contributed by atoms with Crippen LogP contribution >= 0.6 is 0 Å². The van der Waals surface area contributed by atoms with Crippen molar-refractivity contribution >= 4 is 19.0 Å². The normalized spacial score (nSPS) is 11.4. The van der Waals surface area contributed by atoms with Crippen LogP contribution in [-0.4, -0.2) is 15.3 Å². The summed E-state index contributed by atoms with van der Waals surface area (Å²) in [7, 11) is -3.50. The van der Waals surface area contributed by atoms with E-state index in [2.05, 4.69) is 0 Å². The summed E-state index contributed by atoms with van der Waals surface area (Å²) >= 11 is 0. The standard InChI is InChI=1S/C14H15FOSi/c1-2-16-17(15,13-9-5-3-6-10-13)14-11-7-4-8-12-14/h3-12H,2H2,1H3. The third-order valence-corrected chi connectivity index (χ3v) is 5.47. The fourth-order valence-electron chi connectivity index (χ4n) is 1.84. The van der Waals surface area contributed by atoms with E-state index in [1.54, 1.807) is 24.3 Å². The molecule has 0 fully saturated rings. The van der Waals surface area contributed by atoms with Gasteiger partial charge >= 0.3 is 8.65 Å². The molecule has 0 aliphatic heterocycles. The largest absolute Gasteiger partial charge is 0.448 e. The highest BCUT2D eigenvalue weighted by Gasteiger charge is 2.40. The lowest BCUT2D eigenvalue weighted by Gasteiger charge is -2.22. The molecule has 0 aromatic heterocycles. The first-order valence-electron chi connectivity index (χ1n) is 5.71. The molecule has 0 saturated carbocycles. The van der Waals surface area contributed by atoms with Crippen molar-refractivity contribution in [2.24, 2.45) is 0 Å². The van der Waals surface area contributed by atoms with Crippen LogP contribution in [0.2, 0.25) is 0 Å². The van der Waals surface area contributed by atoms with E-state index >= 15 is 4.11 Å².